The Morgan fingerprint density at radius 2 is 2.00 bits per heavy atom. The maximum atomic E-state index is 12.5. The lowest BCUT2D eigenvalue weighted by Gasteiger charge is -2.37. The minimum absolute atomic E-state index is 0.269. The van der Waals surface area contributed by atoms with E-state index in [9.17, 15) is 4.79 Å². The number of rotatable bonds is 4. The fourth-order valence-corrected chi connectivity index (χ4v) is 3.54. The second-order valence-electron chi connectivity index (χ2n) is 6.90. The van der Waals surface area contributed by atoms with Crippen LogP contribution in [0.3, 0.4) is 0 Å². The molecule has 0 bridgehead atoms. The minimum atomic E-state index is 0.269. The van der Waals surface area contributed by atoms with Crippen LogP contribution in [0.15, 0.2) is 36.7 Å². The number of likely N-dealkylation sites (tertiary alicyclic amines) is 1. The standard InChI is InChI=1S/C19H23N5O/c25-18(14-5-3-6-14)24-12-4-7-15(13-24)16-9-11-21-19(22-16)23-17-8-1-2-10-20-17/h1-2,8-11,14-15H,3-7,12-13H2,(H,20,21,22,23)/t15-/m0/s1. The normalized spacial score (nSPS) is 20.8. The number of carbonyl (C=O) groups excluding carboxylic acids is 1. The lowest BCUT2D eigenvalue weighted by Crippen LogP contribution is -2.44. The Morgan fingerprint density at radius 3 is 2.76 bits per heavy atom. The number of carbonyl (C=O) groups is 1. The smallest absolute Gasteiger partial charge is 0.228 e. The molecule has 2 aromatic heterocycles. The predicted octanol–water partition coefficient (Wildman–Crippen LogP) is 3.12. The van der Waals surface area contributed by atoms with Gasteiger partial charge >= 0.3 is 0 Å². The van der Waals surface area contributed by atoms with Gasteiger partial charge < -0.3 is 10.2 Å². The molecule has 130 valence electrons. The van der Waals surface area contributed by atoms with Crippen molar-refractivity contribution in [3.8, 4) is 0 Å². The average Bonchev–Trinajstić information content (AvgIpc) is 2.61. The summed E-state index contributed by atoms with van der Waals surface area (Å²) in [5.74, 6) is 2.18. The van der Waals surface area contributed by atoms with Gasteiger partial charge in [0.25, 0.3) is 0 Å². The quantitative estimate of drug-likeness (QED) is 0.928. The van der Waals surface area contributed by atoms with E-state index in [4.69, 9.17) is 0 Å². The molecule has 2 aliphatic rings. The molecule has 0 radical (unpaired) electrons. The highest BCUT2D eigenvalue weighted by atomic mass is 16.2. The van der Waals surface area contributed by atoms with Gasteiger partial charge in [0.05, 0.1) is 5.69 Å². The van der Waals surface area contributed by atoms with Gasteiger partial charge in [-0.2, -0.15) is 0 Å². The monoisotopic (exact) mass is 337 g/mol. The summed E-state index contributed by atoms with van der Waals surface area (Å²) in [5.41, 5.74) is 1.000. The Labute approximate surface area is 147 Å². The summed E-state index contributed by atoms with van der Waals surface area (Å²) in [5, 5.41) is 3.14. The highest BCUT2D eigenvalue weighted by Crippen LogP contribution is 2.32. The summed E-state index contributed by atoms with van der Waals surface area (Å²) in [7, 11) is 0. The number of nitrogens with zero attached hydrogens (tertiary/aromatic N) is 4. The molecule has 1 amide bonds. The molecular weight excluding hydrogens is 314 g/mol. The van der Waals surface area contributed by atoms with Gasteiger partial charge in [-0.25, -0.2) is 15.0 Å². The van der Waals surface area contributed by atoms with Crippen molar-refractivity contribution in [3.05, 3.63) is 42.4 Å². The Hall–Kier alpha value is -2.50. The van der Waals surface area contributed by atoms with Crippen LogP contribution in [0.4, 0.5) is 11.8 Å². The molecule has 1 aliphatic carbocycles. The fraction of sp³-hybridized carbons (Fsp3) is 0.474. The third kappa shape index (κ3) is 3.62. The van der Waals surface area contributed by atoms with E-state index < -0.39 is 0 Å². The van der Waals surface area contributed by atoms with Crippen molar-refractivity contribution in [2.45, 2.75) is 38.0 Å². The second kappa shape index (κ2) is 7.17. The molecule has 2 aromatic rings. The molecule has 0 spiro atoms. The van der Waals surface area contributed by atoms with Crippen LogP contribution in [0, 0.1) is 5.92 Å². The van der Waals surface area contributed by atoms with E-state index in [1.54, 1.807) is 12.4 Å². The van der Waals surface area contributed by atoms with Crippen LogP contribution in [0.25, 0.3) is 0 Å². The van der Waals surface area contributed by atoms with E-state index in [1.165, 1.54) is 6.42 Å². The molecule has 1 saturated heterocycles. The van der Waals surface area contributed by atoms with Crippen molar-refractivity contribution in [1.29, 1.82) is 0 Å². The molecule has 0 unspecified atom stereocenters. The first-order valence-electron chi connectivity index (χ1n) is 9.09. The first kappa shape index (κ1) is 16.0. The van der Waals surface area contributed by atoms with Crippen molar-refractivity contribution in [1.82, 2.24) is 19.9 Å². The van der Waals surface area contributed by atoms with E-state index in [0.717, 1.165) is 50.3 Å². The molecule has 1 saturated carbocycles. The molecule has 25 heavy (non-hydrogen) atoms. The second-order valence-corrected chi connectivity index (χ2v) is 6.90. The largest absolute Gasteiger partial charge is 0.342 e. The Balaban J connectivity index is 1.45. The number of anilines is 2. The number of aromatic nitrogens is 3. The molecule has 0 aromatic carbocycles. The van der Waals surface area contributed by atoms with Gasteiger partial charge in [0.2, 0.25) is 11.9 Å². The fourth-order valence-electron chi connectivity index (χ4n) is 3.54. The van der Waals surface area contributed by atoms with Gasteiger partial charge in [-0.05, 0) is 43.9 Å². The first-order valence-corrected chi connectivity index (χ1v) is 9.09. The first-order chi connectivity index (χ1) is 12.3. The van der Waals surface area contributed by atoms with E-state index in [0.29, 0.717) is 11.9 Å². The van der Waals surface area contributed by atoms with Crippen molar-refractivity contribution in [2.75, 3.05) is 18.4 Å². The zero-order valence-electron chi connectivity index (χ0n) is 14.3. The Kier molecular flexibility index (Phi) is 4.59. The molecular formula is C19H23N5O. The van der Waals surface area contributed by atoms with Crippen molar-refractivity contribution >= 4 is 17.7 Å². The minimum Gasteiger partial charge on any atom is -0.342 e. The number of hydrogen-bond acceptors (Lipinski definition) is 5. The van der Waals surface area contributed by atoms with E-state index >= 15 is 0 Å². The van der Waals surface area contributed by atoms with Crippen LogP contribution in [0.5, 0.6) is 0 Å². The summed E-state index contributed by atoms with van der Waals surface area (Å²) in [6.45, 7) is 1.66. The lowest BCUT2D eigenvalue weighted by molar-refractivity contribution is -0.139. The van der Waals surface area contributed by atoms with Gasteiger partial charge in [-0.3, -0.25) is 4.79 Å². The molecule has 6 nitrogen and oxygen atoms in total. The van der Waals surface area contributed by atoms with Crippen LogP contribution >= 0.6 is 0 Å². The Bertz CT molecular complexity index is 732. The van der Waals surface area contributed by atoms with E-state index in [2.05, 4.69) is 20.3 Å². The summed E-state index contributed by atoms with van der Waals surface area (Å²) in [4.78, 5) is 27.8. The van der Waals surface area contributed by atoms with Gasteiger partial charge in [-0.1, -0.05) is 12.5 Å². The number of amides is 1. The number of piperidine rings is 1. The number of nitrogens with one attached hydrogen (secondary N) is 1. The zero-order chi connectivity index (χ0) is 17.1. The van der Waals surface area contributed by atoms with Crippen LogP contribution in [-0.2, 0) is 4.79 Å². The van der Waals surface area contributed by atoms with Gasteiger partial charge in [0.15, 0.2) is 0 Å². The molecule has 1 N–H and O–H groups in total. The maximum absolute atomic E-state index is 12.5. The maximum Gasteiger partial charge on any atom is 0.228 e. The predicted molar refractivity (Wildman–Crippen MR) is 95.4 cm³/mol. The van der Waals surface area contributed by atoms with Crippen LogP contribution < -0.4 is 5.32 Å². The molecule has 2 fully saturated rings. The van der Waals surface area contributed by atoms with Crippen molar-refractivity contribution in [2.24, 2.45) is 5.92 Å². The average molecular weight is 337 g/mol. The lowest BCUT2D eigenvalue weighted by atomic mass is 9.83. The molecule has 6 heteroatoms. The van der Waals surface area contributed by atoms with E-state index in [-0.39, 0.29) is 11.8 Å². The highest BCUT2D eigenvalue weighted by Gasteiger charge is 2.32. The number of pyridine rings is 1. The Morgan fingerprint density at radius 1 is 1.08 bits per heavy atom. The third-order valence-electron chi connectivity index (χ3n) is 5.19. The molecule has 3 heterocycles. The van der Waals surface area contributed by atoms with Gasteiger partial charge in [0, 0.05) is 37.3 Å². The van der Waals surface area contributed by atoms with Crippen molar-refractivity contribution in [3.63, 3.8) is 0 Å². The van der Waals surface area contributed by atoms with E-state index in [1.807, 2.05) is 29.2 Å². The summed E-state index contributed by atoms with van der Waals surface area (Å²) >= 11 is 0. The summed E-state index contributed by atoms with van der Waals surface area (Å²) in [6, 6.07) is 7.64. The van der Waals surface area contributed by atoms with Crippen LogP contribution in [0.2, 0.25) is 0 Å². The van der Waals surface area contributed by atoms with Crippen molar-refractivity contribution < 1.29 is 4.79 Å². The third-order valence-corrected chi connectivity index (χ3v) is 5.19. The summed E-state index contributed by atoms with van der Waals surface area (Å²) in [6.07, 6.45) is 8.93. The van der Waals surface area contributed by atoms with Crippen LogP contribution in [-0.4, -0.2) is 38.8 Å². The zero-order valence-corrected chi connectivity index (χ0v) is 14.3. The SMILES string of the molecule is O=C(C1CCC1)N1CCC[C@H](c2ccnc(Nc3ccccn3)n2)C1. The highest BCUT2D eigenvalue weighted by molar-refractivity contribution is 5.79. The molecule has 4 rings (SSSR count). The van der Waals surface area contributed by atoms with Crippen LogP contribution in [0.1, 0.15) is 43.7 Å². The molecule has 1 atom stereocenters. The molecule has 1 aliphatic heterocycles. The van der Waals surface area contributed by atoms with Gasteiger partial charge in [-0.15, -0.1) is 0 Å². The van der Waals surface area contributed by atoms with Gasteiger partial charge in [0.1, 0.15) is 5.82 Å². The number of hydrogen-bond donors (Lipinski definition) is 1. The summed E-state index contributed by atoms with van der Waals surface area (Å²) < 4.78 is 0. The topological polar surface area (TPSA) is 71.0 Å².